The van der Waals surface area contributed by atoms with Crippen molar-refractivity contribution < 1.29 is 0 Å². The second kappa shape index (κ2) is 3.98. The van der Waals surface area contributed by atoms with Gasteiger partial charge in [-0.3, -0.25) is 9.58 Å². The molecular formula is C9H17N5. The van der Waals surface area contributed by atoms with Crippen molar-refractivity contribution in [3.05, 3.63) is 11.8 Å². The zero-order valence-corrected chi connectivity index (χ0v) is 8.53. The van der Waals surface area contributed by atoms with Gasteiger partial charge in [-0.15, -0.1) is 0 Å². The molecule has 1 aliphatic rings. The summed E-state index contributed by atoms with van der Waals surface area (Å²) in [5.74, 6) is 0.732. The zero-order valence-electron chi connectivity index (χ0n) is 8.53. The van der Waals surface area contributed by atoms with Crippen LogP contribution in [0.3, 0.4) is 0 Å². The molecule has 0 aliphatic carbocycles. The molecule has 78 valence electrons. The van der Waals surface area contributed by atoms with Crippen molar-refractivity contribution in [3.8, 4) is 0 Å². The van der Waals surface area contributed by atoms with Crippen LogP contribution in [-0.2, 0) is 13.6 Å². The van der Waals surface area contributed by atoms with Crippen molar-refractivity contribution in [2.24, 2.45) is 7.05 Å². The van der Waals surface area contributed by atoms with Crippen molar-refractivity contribution in [2.45, 2.75) is 6.54 Å². The van der Waals surface area contributed by atoms with Gasteiger partial charge in [0.15, 0.2) is 0 Å². The number of nitrogens with two attached hydrogens (primary N) is 1. The number of rotatable bonds is 2. The zero-order chi connectivity index (χ0) is 9.97. The fraction of sp³-hybridized carbons (Fsp3) is 0.667. The Hall–Kier alpha value is -1.07. The van der Waals surface area contributed by atoms with E-state index in [1.54, 1.807) is 4.68 Å². The molecule has 2 heterocycles. The summed E-state index contributed by atoms with van der Waals surface area (Å²) >= 11 is 0. The van der Waals surface area contributed by atoms with Gasteiger partial charge in [-0.05, 0) is 0 Å². The van der Waals surface area contributed by atoms with Crippen LogP contribution in [0.25, 0.3) is 0 Å². The van der Waals surface area contributed by atoms with Crippen LogP contribution < -0.4 is 11.1 Å². The van der Waals surface area contributed by atoms with Crippen LogP contribution in [0.1, 0.15) is 5.69 Å². The molecule has 2 rings (SSSR count). The van der Waals surface area contributed by atoms with Gasteiger partial charge in [0, 0.05) is 45.8 Å². The Morgan fingerprint density at radius 1 is 1.50 bits per heavy atom. The number of nitrogen functional groups attached to an aromatic ring is 1. The second-order valence-corrected chi connectivity index (χ2v) is 3.71. The van der Waals surface area contributed by atoms with Crippen molar-refractivity contribution in [2.75, 3.05) is 31.9 Å². The first-order valence-electron chi connectivity index (χ1n) is 4.97. The number of aromatic nitrogens is 2. The highest BCUT2D eigenvalue weighted by atomic mass is 15.3. The van der Waals surface area contributed by atoms with E-state index in [0.717, 1.165) is 44.2 Å². The largest absolute Gasteiger partial charge is 0.384 e. The fourth-order valence-electron chi connectivity index (χ4n) is 1.72. The lowest BCUT2D eigenvalue weighted by atomic mass is 10.3. The summed E-state index contributed by atoms with van der Waals surface area (Å²) in [6, 6.07) is 1.95. The van der Waals surface area contributed by atoms with Gasteiger partial charge in [-0.1, -0.05) is 0 Å². The van der Waals surface area contributed by atoms with Crippen LogP contribution >= 0.6 is 0 Å². The Morgan fingerprint density at radius 2 is 2.21 bits per heavy atom. The third-order valence-electron chi connectivity index (χ3n) is 2.56. The fourth-order valence-corrected chi connectivity index (χ4v) is 1.72. The van der Waals surface area contributed by atoms with Gasteiger partial charge in [0.25, 0.3) is 0 Å². The lowest BCUT2D eigenvalue weighted by Crippen LogP contribution is -2.42. The minimum Gasteiger partial charge on any atom is -0.384 e. The number of piperazine rings is 1. The molecule has 0 amide bonds. The minimum absolute atomic E-state index is 0.732. The molecule has 0 saturated carbocycles. The predicted molar refractivity (Wildman–Crippen MR) is 55.8 cm³/mol. The second-order valence-electron chi connectivity index (χ2n) is 3.71. The maximum Gasteiger partial charge on any atom is 0.121 e. The molecule has 5 heteroatoms. The quantitative estimate of drug-likeness (QED) is 0.662. The monoisotopic (exact) mass is 195 g/mol. The molecule has 0 radical (unpaired) electrons. The van der Waals surface area contributed by atoms with Gasteiger partial charge in [0.2, 0.25) is 0 Å². The van der Waals surface area contributed by atoms with Crippen molar-refractivity contribution in [3.63, 3.8) is 0 Å². The minimum atomic E-state index is 0.732. The van der Waals surface area contributed by atoms with Crippen LogP contribution in [0.4, 0.5) is 5.82 Å². The van der Waals surface area contributed by atoms with Crippen LogP contribution in [0, 0.1) is 0 Å². The molecule has 1 aliphatic heterocycles. The smallest absolute Gasteiger partial charge is 0.121 e. The molecule has 0 spiro atoms. The van der Waals surface area contributed by atoms with E-state index in [0.29, 0.717) is 0 Å². The van der Waals surface area contributed by atoms with Crippen LogP contribution in [0.5, 0.6) is 0 Å². The van der Waals surface area contributed by atoms with Crippen molar-refractivity contribution >= 4 is 5.82 Å². The van der Waals surface area contributed by atoms with E-state index in [1.165, 1.54) is 0 Å². The average Bonchev–Trinajstić information content (AvgIpc) is 2.47. The lowest BCUT2D eigenvalue weighted by Gasteiger charge is -2.26. The SMILES string of the molecule is Cn1nc(CN2CCNCC2)cc1N. The highest BCUT2D eigenvalue weighted by Gasteiger charge is 2.11. The Morgan fingerprint density at radius 3 is 2.79 bits per heavy atom. The number of aryl methyl sites for hydroxylation is 1. The molecule has 5 nitrogen and oxygen atoms in total. The normalized spacial score (nSPS) is 18.6. The van der Waals surface area contributed by atoms with Gasteiger partial charge in [0.05, 0.1) is 5.69 Å². The molecule has 14 heavy (non-hydrogen) atoms. The molecule has 3 N–H and O–H groups in total. The Bertz CT molecular complexity index is 281. The molecule has 0 bridgehead atoms. The molecule has 1 saturated heterocycles. The van der Waals surface area contributed by atoms with E-state index in [2.05, 4.69) is 15.3 Å². The Balaban J connectivity index is 1.95. The van der Waals surface area contributed by atoms with Crippen molar-refractivity contribution in [1.82, 2.24) is 20.0 Å². The van der Waals surface area contributed by atoms with Crippen LogP contribution in [0.2, 0.25) is 0 Å². The van der Waals surface area contributed by atoms with E-state index in [4.69, 9.17) is 5.73 Å². The third-order valence-corrected chi connectivity index (χ3v) is 2.56. The van der Waals surface area contributed by atoms with E-state index in [1.807, 2.05) is 13.1 Å². The summed E-state index contributed by atoms with van der Waals surface area (Å²) in [5, 5.41) is 7.66. The van der Waals surface area contributed by atoms with Crippen LogP contribution in [-0.4, -0.2) is 40.9 Å². The maximum atomic E-state index is 5.72. The summed E-state index contributed by atoms with van der Waals surface area (Å²) < 4.78 is 1.72. The number of nitrogens with one attached hydrogen (secondary N) is 1. The number of anilines is 1. The summed E-state index contributed by atoms with van der Waals surface area (Å²) in [6.45, 7) is 5.24. The Labute approximate surface area is 83.9 Å². The summed E-state index contributed by atoms with van der Waals surface area (Å²) in [5.41, 5.74) is 6.78. The molecule has 1 aromatic rings. The van der Waals surface area contributed by atoms with Gasteiger partial charge in [0.1, 0.15) is 5.82 Å². The topological polar surface area (TPSA) is 59.1 Å². The molecule has 0 atom stereocenters. The first-order chi connectivity index (χ1) is 6.75. The first kappa shape index (κ1) is 9.48. The predicted octanol–water partition coefficient (Wildman–Crippen LogP) is -0.592. The molecule has 1 aromatic heterocycles. The van der Waals surface area contributed by atoms with Crippen LogP contribution in [0.15, 0.2) is 6.07 Å². The number of hydrogen-bond donors (Lipinski definition) is 2. The molecule has 0 aromatic carbocycles. The summed E-state index contributed by atoms with van der Waals surface area (Å²) in [7, 11) is 1.87. The summed E-state index contributed by atoms with van der Waals surface area (Å²) in [4.78, 5) is 2.39. The van der Waals surface area contributed by atoms with E-state index in [-0.39, 0.29) is 0 Å². The highest BCUT2D eigenvalue weighted by molar-refractivity contribution is 5.30. The van der Waals surface area contributed by atoms with Gasteiger partial charge >= 0.3 is 0 Å². The molecule has 0 unspecified atom stereocenters. The van der Waals surface area contributed by atoms with Gasteiger partial charge in [-0.2, -0.15) is 5.10 Å². The highest BCUT2D eigenvalue weighted by Crippen LogP contribution is 2.07. The number of nitrogens with zero attached hydrogens (tertiary/aromatic N) is 3. The van der Waals surface area contributed by atoms with E-state index >= 15 is 0 Å². The third kappa shape index (κ3) is 2.05. The first-order valence-corrected chi connectivity index (χ1v) is 4.97. The summed E-state index contributed by atoms with van der Waals surface area (Å²) in [6.07, 6.45) is 0. The molecule has 1 fully saturated rings. The van der Waals surface area contributed by atoms with E-state index < -0.39 is 0 Å². The van der Waals surface area contributed by atoms with Crippen molar-refractivity contribution in [1.29, 1.82) is 0 Å². The lowest BCUT2D eigenvalue weighted by molar-refractivity contribution is 0.230. The number of hydrogen-bond acceptors (Lipinski definition) is 4. The average molecular weight is 195 g/mol. The maximum absolute atomic E-state index is 5.72. The van der Waals surface area contributed by atoms with Gasteiger partial charge < -0.3 is 11.1 Å². The Kier molecular flexibility index (Phi) is 2.69. The standard InChI is InChI=1S/C9H17N5/c1-13-9(10)6-8(12-13)7-14-4-2-11-3-5-14/h6,11H,2-5,7,10H2,1H3. The van der Waals surface area contributed by atoms with Gasteiger partial charge in [-0.25, -0.2) is 0 Å². The van der Waals surface area contributed by atoms with E-state index in [9.17, 15) is 0 Å². The molecular weight excluding hydrogens is 178 g/mol.